The summed E-state index contributed by atoms with van der Waals surface area (Å²) in [6.45, 7) is 10.6. The quantitative estimate of drug-likeness (QED) is 0.0367. The summed E-state index contributed by atoms with van der Waals surface area (Å²) in [5.41, 5.74) is 10.7. The third-order valence-corrected chi connectivity index (χ3v) is 12.4. The van der Waals surface area contributed by atoms with Crippen LogP contribution in [0.5, 0.6) is 23.0 Å². The average Bonchev–Trinajstić information content (AvgIpc) is 3.30. The molecule has 1 aliphatic carbocycles. The first kappa shape index (κ1) is 50.9. The number of aliphatic hydroxyl groups excluding tert-OH is 4. The van der Waals surface area contributed by atoms with Crippen molar-refractivity contribution >= 4 is 0 Å². The van der Waals surface area contributed by atoms with E-state index in [-0.39, 0.29) is 26.4 Å². The minimum Gasteiger partial charge on any atom is -0.493 e. The molecular formula is C56H80O8. The van der Waals surface area contributed by atoms with Gasteiger partial charge < -0.3 is 39.4 Å². The fraction of sp³-hybridized carbons (Fsp3) is 0.571. The van der Waals surface area contributed by atoms with Gasteiger partial charge in [0, 0.05) is 25.7 Å². The maximum atomic E-state index is 10.8. The Kier molecular flexibility index (Phi) is 22.3. The van der Waals surface area contributed by atoms with Crippen LogP contribution < -0.4 is 18.9 Å². The van der Waals surface area contributed by atoms with Gasteiger partial charge in [-0.05, 0) is 141 Å². The molecule has 0 fully saturated rings. The Balaban J connectivity index is 1.80. The van der Waals surface area contributed by atoms with Crippen LogP contribution in [0, 0.1) is 0 Å². The zero-order valence-corrected chi connectivity index (χ0v) is 39.8. The predicted octanol–water partition coefficient (Wildman–Crippen LogP) is 12.2. The number of benzene rings is 4. The van der Waals surface area contributed by atoms with Crippen molar-refractivity contribution in [3.63, 3.8) is 0 Å². The van der Waals surface area contributed by atoms with Crippen molar-refractivity contribution in [3.05, 3.63) is 115 Å². The average molecular weight is 881 g/mol. The smallest absolute Gasteiger partial charge is 0.126 e. The highest BCUT2D eigenvalue weighted by Crippen LogP contribution is 2.41. The van der Waals surface area contributed by atoms with Crippen molar-refractivity contribution in [1.29, 1.82) is 0 Å². The minimum atomic E-state index is -0.134. The zero-order valence-electron chi connectivity index (χ0n) is 39.8. The van der Waals surface area contributed by atoms with E-state index in [2.05, 4.69) is 76.2 Å². The Morgan fingerprint density at radius 1 is 0.297 bits per heavy atom. The first-order valence-corrected chi connectivity index (χ1v) is 24.9. The van der Waals surface area contributed by atoms with Gasteiger partial charge in [-0.15, -0.1) is 0 Å². The molecule has 0 unspecified atom stereocenters. The third-order valence-electron chi connectivity index (χ3n) is 12.4. The fourth-order valence-corrected chi connectivity index (χ4v) is 9.10. The predicted molar refractivity (Wildman–Crippen MR) is 259 cm³/mol. The summed E-state index contributed by atoms with van der Waals surface area (Å²) < 4.78 is 27.5. The molecule has 352 valence electrons. The molecule has 0 aliphatic heterocycles. The van der Waals surface area contributed by atoms with Gasteiger partial charge in [0.2, 0.25) is 0 Å². The summed E-state index contributed by atoms with van der Waals surface area (Å²) in [4.78, 5) is 0. The van der Waals surface area contributed by atoms with Crippen LogP contribution in [0.15, 0.2) is 48.5 Å². The largest absolute Gasteiger partial charge is 0.493 e. The Bertz CT molecular complexity index is 1620. The second kappa shape index (κ2) is 28.1. The van der Waals surface area contributed by atoms with Gasteiger partial charge in [0.15, 0.2) is 0 Å². The number of fused-ring (bicyclic) bond motifs is 8. The lowest BCUT2D eigenvalue weighted by molar-refractivity contribution is 0.279. The lowest BCUT2D eigenvalue weighted by Crippen LogP contribution is -2.12. The van der Waals surface area contributed by atoms with Gasteiger partial charge in [-0.3, -0.25) is 0 Å². The van der Waals surface area contributed by atoms with Gasteiger partial charge in [0.1, 0.15) is 23.0 Å². The normalized spacial score (nSPS) is 12.4. The Morgan fingerprint density at radius 3 is 0.641 bits per heavy atom. The molecule has 4 aromatic rings. The van der Waals surface area contributed by atoms with E-state index in [1.165, 1.54) is 0 Å². The number of unbranched alkanes of at least 4 members (excludes halogenated alkanes) is 12. The molecule has 0 spiro atoms. The maximum absolute atomic E-state index is 10.8. The van der Waals surface area contributed by atoms with Crippen LogP contribution in [-0.4, -0.2) is 46.9 Å². The highest BCUT2D eigenvalue weighted by atomic mass is 16.5. The highest BCUT2D eigenvalue weighted by molar-refractivity contribution is 5.58. The molecule has 8 heteroatoms. The van der Waals surface area contributed by atoms with Crippen molar-refractivity contribution in [2.24, 2.45) is 0 Å². The zero-order chi connectivity index (χ0) is 45.5. The summed E-state index contributed by atoms with van der Waals surface area (Å²) in [6, 6.07) is 16.5. The maximum Gasteiger partial charge on any atom is 0.126 e. The Hall–Kier alpha value is -4.08. The van der Waals surface area contributed by atoms with Gasteiger partial charge >= 0.3 is 0 Å². The molecular weight excluding hydrogens is 801 g/mol. The Morgan fingerprint density at radius 2 is 0.484 bits per heavy atom. The van der Waals surface area contributed by atoms with Gasteiger partial charge in [0.05, 0.1) is 52.9 Å². The van der Waals surface area contributed by atoms with Gasteiger partial charge in [-0.25, -0.2) is 0 Å². The summed E-state index contributed by atoms with van der Waals surface area (Å²) in [6.07, 6.45) is 19.0. The van der Waals surface area contributed by atoms with E-state index < -0.39 is 0 Å². The van der Waals surface area contributed by atoms with Crippen molar-refractivity contribution in [1.82, 2.24) is 0 Å². The van der Waals surface area contributed by atoms with Crippen LogP contribution in [0.1, 0.15) is 197 Å². The molecule has 0 aromatic heterocycles. The first-order chi connectivity index (χ1) is 31.4. The van der Waals surface area contributed by atoms with E-state index in [9.17, 15) is 20.4 Å². The van der Waals surface area contributed by atoms with E-state index in [1.807, 2.05) is 0 Å². The number of rotatable bonds is 28. The molecule has 1 aliphatic rings. The standard InChI is InChI=1S/C56H80O8/c1-5-9-13-17-21-61-53-45-25-41(37-57)26-46(53)34-48-28-43(39-59)30-50(55(48)63-23-19-15-11-7-3)36-52-32-44(40-60)31-51(56(52)64-24-20-16-12-8-4)35-49-29-42(38-58)27-47(33-45)54(49)62-22-18-14-10-6-2/h25-32,57-60H,5-24,33-40H2,1-4H3. The van der Waals surface area contributed by atoms with Crippen molar-refractivity contribution in [2.45, 2.75) is 183 Å². The van der Waals surface area contributed by atoms with E-state index in [1.54, 1.807) is 0 Å². The monoisotopic (exact) mass is 881 g/mol. The second-order valence-corrected chi connectivity index (χ2v) is 17.9. The molecule has 64 heavy (non-hydrogen) atoms. The van der Waals surface area contributed by atoms with E-state index >= 15 is 0 Å². The fourth-order valence-electron chi connectivity index (χ4n) is 9.10. The van der Waals surface area contributed by atoms with E-state index in [0.29, 0.717) is 52.1 Å². The van der Waals surface area contributed by atoms with Crippen LogP contribution in [0.4, 0.5) is 0 Å². The molecule has 8 bridgehead atoms. The molecule has 5 rings (SSSR count). The Labute approximate surface area is 385 Å². The van der Waals surface area contributed by atoms with Crippen LogP contribution >= 0.6 is 0 Å². The van der Waals surface area contributed by atoms with Crippen LogP contribution in [0.3, 0.4) is 0 Å². The molecule has 0 saturated heterocycles. The third kappa shape index (κ3) is 15.0. The van der Waals surface area contributed by atoms with E-state index in [0.717, 1.165) is 192 Å². The van der Waals surface area contributed by atoms with E-state index in [4.69, 9.17) is 18.9 Å². The highest BCUT2D eigenvalue weighted by Gasteiger charge is 2.24. The molecule has 0 amide bonds. The van der Waals surface area contributed by atoms with Gasteiger partial charge in [-0.1, -0.05) is 105 Å². The summed E-state index contributed by atoms with van der Waals surface area (Å²) >= 11 is 0. The molecule has 0 radical (unpaired) electrons. The first-order valence-electron chi connectivity index (χ1n) is 24.9. The summed E-state index contributed by atoms with van der Waals surface area (Å²) in [5.74, 6) is 3.19. The van der Waals surface area contributed by atoms with Crippen molar-refractivity contribution in [2.75, 3.05) is 26.4 Å². The molecule has 4 aromatic carbocycles. The SMILES string of the molecule is CCCCCCOc1c2cc(CO)cc1Cc1cc(CO)cc(c1OCCCCCC)Cc1cc(CO)cc(c1OCCCCCC)Cc1cc(CO)cc(c1OCCCCCC)C2. The number of hydrogen-bond donors (Lipinski definition) is 4. The van der Waals surface area contributed by atoms with Crippen LogP contribution in [0.25, 0.3) is 0 Å². The van der Waals surface area contributed by atoms with Gasteiger partial charge in [-0.2, -0.15) is 0 Å². The van der Waals surface area contributed by atoms with Crippen LogP contribution in [0.2, 0.25) is 0 Å². The molecule has 0 atom stereocenters. The molecule has 0 saturated carbocycles. The number of ether oxygens (including phenoxy) is 4. The lowest BCUT2D eigenvalue weighted by Gasteiger charge is -2.25. The molecule has 0 heterocycles. The van der Waals surface area contributed by atoms with Crippen molar-refractivity contribution < 1.29 is 39.4 Å². The second-order valence-electron chi connectivity index (χ2n) is 17.9. The lowest BCUT2D eigenvalue weighted by atomic mass is 9.88. The number of aliphatic hydroxyl groups is 4. The summed E-state index contributed by atoms with van der Waals surface area (Å²) in [7, 11) is 0. The molecule has 8 nitrogen and oxygen atoms in total. The minimum absolute atomic E-state index is 0.134. The van der Waals surface area contributed by atoms with Crippen LogP contribution in [-0.2, 0) is 52.1 Å². The number of hydrogen-bond acceptors (Lipinski definition) is 8. The van der Waals surface area contributed by atoms with Gasteiger partial charge in [0.25, 0.3) is 0 Å². The topological polar surface area (TPSA) is 118 Å². The van der Waals surface area contributed by atoms with Crippen molar-refractivity contribution in [3.8, 4) is 23.0 Å². The summed E-state index contributed by atoms with van der Waals surface area (Å²) in [5, 5.41) is 43.2. The molecule has 4 N–H and O–H groups in total.